The number of hydrogen-bond acceptors (Lipinski definition) is 5. The molecule has 2 N–H and O–H groups in total. The Morgan fingerprint density at radius 3 is 2.67 bits per heavy atom. The topological polar surface area (TPSA) is 71.1 Å². The Hall–Kier alpha value is -0.500. The molecule has 0 aliphatic carbocycles. The third-order valence-electron chi connectivity index (χ3n) is 2.47. The predicted octanol–water partition coefficient (Wildman–Crippen LogP) is 0.992. The molecule has 1 atom stereocenters. The van der Waals surface area contributed by atoms with Gasteiger partial charge in [-0.25, -0.2) is 18.1 Å². The van der Waals surface area contributed by atoms with Crippen molar-refractivity contribution in [2.24, 2.45) is 0 Å². The van der Waals surface area contributed by atoms with Crippen molar-refractivity contribution < 1.29 is 8.42 Å². The van der Waals surface area contributed by atoms with Gasteiger partial charge in [0.25, 0.3) is 0 Å². The molecule has 1 rings (SSSR count). The van der Waals surface area contributed by atoms with E-state index in [-0.39, 0.29) is 6.04 Å². The first-order valence-corrected chi connectivity index (χ1v) is 8.44. The van der Waals surface area contributed by atoms with Crippen LogP contribution < -0.4 is 10.0 Å². The molecule has 1 heterocycles. The smallest absolute Gasteiger partial charge is 0.215 e. The zero-order chi connectivity index (χ0) is 13.6. The standard InChI is InChI=1S/C11H21N3O2S2/c1-9(2)13-8-10(3)18(15,16)14-5-4-11-12-6-7-17-11/h6-7,9-10,13-14H,4-5,8H2,1-3H3. The van der Waals surface area contributed by atoms with Crippen LogP contribution in [0.2, 0.25) is 0 Å². The Labute approximate surface area is 113 Å². The molecule has 1 aromatic heterocycles. The first-order valence-electron chi connectivity index (χ1n) is 6.02. The third-order valence-corrected chi connectivity index (χ3v) is 5.14. The Bertz CT molecular complexity index is 429. The molecule has 0 amide bonds. The first kappa shape index (κ1) is 15.6. The molecule has 0 bridgehead atoms. The molecule has 7 heteroatoms. The minimum Gasteiger partial charge on any atom is -0.313 e. The van der Waals surface area contributed by atoms with Gasteiger partial charge in [0.1, 0.15) is 0 Å². The predicted molar refractivity (Wildman–Crippen MR) is 75.3 cm³/mol. The van der Waals surface area contributed by atoms with Crippen LogP contribution in [0.4, 0.5) is 0 Å². The molecule has 0 aromatic carbocycles. The van der Waals surface area contributed by atoms with Gasteiger partial charge < -0.3 is 5.32 Å². The van der Waals surface area contributed by atoms with Gasteiger partial charge in [0.05, 0.1) is 10.3 Å². The van der Waals surface area contributed by atoms with E-state index in [0.29, 0.717) is 19.5 Å². The second kappa shape index (κ2) is 7.18. The van der Waals surface area contributed by atoms with E-state index in [2.05, 4.69) is 15.0 Å². The average molecular weight is 291 g/mol. The van der Waals surface area contributed by atoms with E-state index in [1.165, 1.54) is 11.3 Å². The van der Waals surface area contributed by atoms with Crippen LogP contribution in [-0.4, -0.2) is 37.8 Å². The van der Waals surface area contributed by atoms with Gasteiger partial charge in [-0.05, 0) is 6.92 Å². The van der Waals surface area contributed by atoms with Crippen molar-refractivity contribution in [3.05, 3.63) is 16.6 Å². The van der Waals surface area contributed by atoms with Crippen LogP contribution in [0, 0.1) is 0 Å². The van der Waals surface area contributed by atoms with Crippen molar-refractivity contribution in [1.82, 2.24) is 15.0 Å². The minimum atomic E-state index is -3.24. The molecular formula is C11H21N3O2S2. The van der Waals surface area contributed by atoms with E-state index in [1.54, 1.807) is 13.1 Å². The maximum atomic E-state index is 11.9. The molecule has 0 aliphatic heterocycles. The van der Waals surface area contributed by atoms with Crippen molar-refractivity contribution in [3.8, 4) is 0 Å². The number of rotatable bonds is 8. The lowest BCUT2D eigenvalue weighted by molar-refractivity contribution is 0.541. The minimum absolute atomic E-state index is 0.290. The quantitative estimate of drug-likeness (QED) is 0.749. The third kappa shape index (κ3) is 5.43. The van der Waals surface area contributed by atoms with Crippen LogP contribution in [0.15, 0.2) is 11.6 Å². The van der Waals surface area contributed by atoms with Gasteiger partial charge in [-0.1, -0.05) is 13.8 Å². The van der Waals surface area contributed by atoms with Crippen LogP contribution in [0.25, 0.3) is 0 Å². The van der Waals surface area contributed by atoms with Gasteiger partial charge in [0.2, 0.25) is 10.0 Å². The first-order chi connectivity index (χ1) is 8.42. The fraction of sp³-hybridized carbons (Fsp3) is 0.727. The summed E-state index contributed by atoms with van der Waals surface area (Å²) >= 11 is 1.54. The average Bonchev–Trinajstić information content (AvgIpc) is 2.78. The normalized spacial score (nSPS) is 14.0. The van der Waals surface area contributed by atoms with Crippen molar-refractivity contribution in [3.63, 3.8) is 0 Å². The molecular weight excluding hydrogens is 270 g/mol. The summed E-state index contributed by atoms with van der Waals surface area (Å²) < 4.78 is 26.4. The number of sulfonamides is 1. The van der Waals surface area contributed by atoms with E-state index in [0.717, 1.165) is 5.01 Å². The van der Waals surface area contributed by atoms with Crippen molar-refractivity contribution in [1.29, 1.82) is 0 Å². The maximum absolute atomic E-state index is 11.9. The number of aromatic nitrogens is 1. The zero-order valence-electron chi connectivity index (χ0n) is 11.0. The summed E-state index contributed by atoms with van der Waals surface area (Å²) in [5.41, 5.74) is 0. The van der Waals surface area contributed by atoms with Crippen LogP contribution in [0.1, 0.15) is 25.8 Å². The van der Waals surface area contributed by atoms with E-state index < -0.39 is 15.3 Å². The Morgan fingerprint density at radius 2 is 2.11 bits per heavy atom. The van der Waals surface area contributed by atoms with Gasteiger partial charge >= 0.3 is 0 Å². The summed E-state index contributed by atoms with van der Waals surface area (Å²) in [6.07, 6.45) is 2.37. The largest absolute Gasteiger partial charge is 0.313 e. The summed E-state index contributed by atoms with van der Waals surface area (Å²) in [5.74, 6) is 0. The van der Waals surface area contributed by atoms with Gasteiger partial charge in [0, 0.05) is 37.1 Å². The lowest BCUT2D eigenvalue weighted by Gasteiger charge is -2.16. The van der Waals surface area contributed by atoms with Crippen LogP contribution in [0.5, 0.6) is 0 Å². The lowest BCUT2D eigenvalue weighted by Crippen LogP contribution is -2.41. The maximum Gasteiger partial charge on any atom is 0.215 e. The number of nitrogens with one attached hydrogen (secondary N) is 2. The summed E-state index contributed by atoms with van der Waals surface area (Å²) in [6.45, 7) is 6.57. The summed E-state index contributed by atoms with van der Waals surface area (Å²) in [6, 6.07) is 0.290. The molecule has 18 heavy (non-hydrogen) atoms. The fourth-order valence-corrected chi connectivity index (χ4v) is 2.94. The molecule has 0 fully saturated rings. The van der Waals surface area contributed by atoms with Gasteiger partial charge in [0.15, 0.2) is 0 Å². The highest BCUT2D eigenvalue weighted by Gasteiger charge is 2.19. The SMILES string of the molecule is CC(C)NCC(C)S(=O)(=O)NCCc1nccs1. The lowest BCUT2D eigenvalue weighted by atomic mass is 10.3. The second-order valence-electron chi connectivity index (χ2n) is 4.49. The molecule has 5 nitrogen and oxygen atoms in total. The van der Waals surface area contributed by atoms with E-state index in [1.807, 2.05) is 19.2 Å². The van der Waals surface area contributed by atoms with Crippen LogP contribution in [0.3, 0.4) is 0 Å². The van der Waals surface area contributed by atoms with Gasteiger partial charge in [-0.2, -0.15) is 0 Å². The van der Waals surface area contributed by atoms with Crippen molar-refractivity contribution in [2.45, 2.75) is 38.5 Å². The zero-order valence-corrected chi connectivity index (χ0v) is 12.6. The number of thiazole rings is 1. The monoisotopic (exact) mass is 291 g/mol. The summed E-state index contributed by atoms with van der Waals surface area (Å²) in [7, 11) is -3.24. The highest BCUT2D eigenvalue weighted by atomic mass is 32.2. The molecule has 0 aliphatic rings. The molecule has 104 valence electrons. The highest BCUT2D eigenvalue weighted by molar-refractivity contribution is 7.90. The fourth-order valence-electron chi connectivity index (χ4n) is 1.33. The second-order valence-corrected chi connectivity index (χ2v) is 7.65. The molecule has 1 aromatic rings. The molecule has 1 unspecified atom stereocenters. The van der Waals surface area contributed by atoms with E-state index >= 15 is 0 Å². The van der Waals surface area contributed by atoms with Gasteiger partial charge in [-0.3, -0.25) is 0 Å². The van der Waals surface area contributed by atoms with E-state index in [4.69, 9.17) is 0 Å². The molecule has 0 spiro atoms. The number of nitrogens with zero attached hydrogens (tertiary/aromatic N) is 1. The number of hydrogen-bond donors (Lipinski definition) is 2. The summed E-state index contributed by atoms with van der Waals surface area (Å²) in [5, 5.41) is 5.53. The van der Waals surface area contributed by atoms with Crippen LogP contribution >= 0.6 is 11.3 Å². The Kier molecular flexibility index (Phi) is 6.20. The molecule has 0 radical (unpaired) electrons. The van der Waals surface area contributed by atoms with Crippen molar-refractivity contribution >= 4 is 21.4 Å². The Balaban J connectivity index is 2.34. The van der Waals surface area contributed by atoms with Gasteiger partial charge in [-0.15, -0.1) is 11.3 Å². The highest BCUT2D eigenvalue weighted by Crippen LogP contribution is 2.04. The van der Waals surface area contributed by atoms with E-state index in [9.17, 15) is 8.42 Å². The van der Waals surface area contributed by atoms with Crippen molar-refractivity contribution in [2.75, 3.05) is 13.1 Å². The van der Waals surface area contributed by atoms with Crippen LogP contribution in [-0.2, 0) is 16.4 Å². The Morgan fingerprint density at radius 1 is 1.39 bits per heavy atom. The summed E-state index contributed by atoms with van der Waals surface area (Å²) in [4.78, 5) is 4.11. The molecule has 0 saturated heterocycles. The molecule has 0 saturated carbocycles.